The van der Waals surface area contributed by atoms with Crippen LogP contribution in [0.3, 0.4) is 0 Å². The van der Waals surface area contributed by atoms with Crippen LogP contribution in [0.5, 0.6) is 11.5 Å². The second-order valence-corrected chi connectivity index (χ2v) is 8.84. The number of allylic oxidation sites excluding steroid dienone is 1. The molecule has 0 amide bonds. The molecule has 1 aromatic heterocycles. The fourth-order valence-corrected chi connectivity index (χ4v) is 4.36. The molecule has 0 saturated carbocycles. The molecule has 3 aromatic carbocycles. The van der Waals surface area contributed by atoms with Gasteiger partial charge in [0, 0.05) is 10.7 Å². The van der Waals surface area contributed by atoms with Crippen molar-refractivity contribution in [2.75, 3.05) is 12.4 Å². The Morgan fingerprint density at radius 2 is 1.81 bits per heavy atom. The molecule has 2 heterocycles. The van der Waals surface area contributed by atoms with Gasteiger partial charge in [0.05, 0.1) is 12.7 Å². The Bertz CT molecular complexity index is 1450. The van der Waals surface area contributed by atoms with Crippen LogP contribution < -0.4 is 14.8 Å². The van der Waals surface area contributed by atoms with Gasteiger partial charge in [0.15, 0.2) is 11.5 Å². The minimum atomic E-state index is -0.634. The number of benzene rings is 3. The van der Waals surface area contributed by atoms with Crippen LogP contribution >= 0.6 is 11.6 Å². The minimum Gasteiger partial charge on any atom is -0.493 e. The van der Waals surface area contributed by atoms with Gasteiger partial charge in [-0.05, 0) is 58.3 Å². The summed E-state index contributed by atoms with van der Waals surface area (Å²) >= 11 is 6.09. The van der Waals surface area contributed by atoms with E-state index in [1.807, 2.05) is 66.7 Å². The van der Waals surface area contributed by atoms with Gasteiger partial charge in [0.25, 0.3) is 0 Å². The molecule has 1 aliphatic heterocycles. The number of methoxy groups -OCH3 is 1. The summed E-state index contributed by atoms with van der Waals surface area (Å²) in [5, 5.41) is 15.7. The smallest absolute Gasteiger partial charge is 0.338 e. The highest BCUT2D eigenvalue weighted by atomic mass is 35.5. The zero-order valence-corrected chi connectivity index (χ0v) is 21.0. The standard InChI is InChI=1S/C27H24ClN5O4/c1-17-24(26(34)37-15-18-7-4-3-5-8-18)25(33-27(29-17)30-31-32-33)20-11-12-22(23(14-20)35-2)36-16-19-9-6-10-21(28)13-19/h3-14,25H,15-16H2,1-2H3,(H,29,30,32). The molecule has 37 heavy (non-hydrogen) atoms. The lowest BCUT2D eigenvalue weighted by Crippen LogP contribution is -2.29. The van der Waals surface area contributed by atoms with Crippen molar-refractivity contribution in [1.29, 1.82) is 0 Å². The molecule has 1 N–H and O–H groups in total. The van der Waals surface area contributed by atoms with Gasteiger partial charge in [-0.15, -0.1) is 0 Å². The number of aromatic nitrogens is 4. The predicted octanol–water partition coefficient (Wildman–Crippen LogP) is 4.95. The van der Waals surface area contributed by atoms with Crippen molar-refractivity contribution in [3.8, 4) is 11.5 Å². The third-order valence-electron chi connectivity index (χ3n) is 5.93. The SMILES string of the molecule is COc1cc(C2C(C(=O)OCc3ccccc3)=C(C)Nc3nnnn32)ccc1OCc1cccc(Cl)c1. The van der Waals surface area contributed by atoms with E-state index >= 15 is 0 Å². The molecule has 9 nitrogen and oxygen atoms in total. The van der Waals surface area contributed by atoms with Gasteiger partial charge < -0.3 is 19.5 Å². The highest BCUT2D eigenvalue weighted by molar-refractivity contribution is 6.30. The van der Waals surface area contributed by atoms with E-state index in [4.69, 9.17) is 25.8 Å². The number of nitrogens with zero attached hydrogens (tertiary/aromatic N) is 4. The third kappa shape index (κ3) is 5.26. The van der Waals surface area contributed by atoms with Crippen molar-refractivity contribution in [3.63, 3.8) is 0 Å². The first-order valence-corrected chi connectivity index (χ1v) is 11.9. The topological polar surface area (TPSA) is 100 Å². The summed E-state index contributed by atoms with van der Waals surface area (Å²) in [7, 11) is 1.56. The average molecular weight is 518 g/mol. The average Bonchev–Trinajstić information content (AvgIpc) is 3.38. The number of halogens is 1. The van der Waals surface area contributed by atoms with Crippen LogP contribution in [0.2, 0.25) is 5.02 Å². The molecule has 1 aliphatic rings. The highest BCUT2D eigenvalue weighted by Gasteiger charge is 2.35. The number of ether oxygens (including phenoxy) is 3. The Balaban J connectivity index is 1.43. The van der Waals surface area contributed by atoms with E-state index < -0.39 is 12.0 Å². The van der Waals surface area contributed by atoms with Crippen LogP contribution in [0.25, 0.3) is 0 Å². The number of tetrazole rings is 1. The second-order valence-electron chi connectivity index (χ2n) is 8.40. The first-order chi connectivity index (χ1) is 18.0. The molecule has 0 spiro atoms. The fraction of sp³-hybridized carbons (Fsp3) is 0.185. The van der Waals surface area contributed by atoms with E-state index in [-0.39, 0.29) is 6.61 Å². The van der Waals surface area contributed by atoms with E-state index in [0.717, 1.165) is 16.7 Å². The Kier molecular flexibility index (Phi) is 7.04. The fourth-order valence-electron chi connectivity index (χ4n) is 4.15. The van der Waals surface area contributed by atoms with Gasteiger partial charge in [-0.2, -0.15) is 4.68 Å². The maximum Gasteiger partial charge on any atom is 0.338 e. The molecule has 10 heteroatoms. The molecule has 0 saturated heterocycles. The van der Waals surface area contributed by atoms with Crippen LogP contribution in [-0.4, -0.2) is 33.3 Å². The first kappa shape index (κ1) is 24.3. The number of nitrogens with one attached hydrogen (secondary N) is 1. The van der Waals surface area contributed by atoms with Gasteiger partial charge in [-0.3, -0.25) is 0 Å². The molecular formula is C27H24ClN5O4. The summed E-state index contributed by atoms with van der Waals surface area (Å²) in [6, 6.07) is 21.8. The van der Waals surface area contributed by atoms with Gasteiger partial charge in [0.2, 0.25) is 5.95 Å². The van der Waals surface area contributed by atoms with Crippen LogP contribution in [0.15, 0.2) is 84.1 Å². The Hall–Kier alpha value is -4.37. The molecule has 188 valence electrons. The third-order valence-corrected chi connectivity index (χ3v) is 6.17. The maximum absolute atomic E-state index is 13.3. The van der Waals surface area contributed by atoms with E-state index in [0.29, 0.717) is 40.3 Å². The number of carbonyl (C=O) groups is 1. The predicted molar refractivity (Wildman–Crippen MR) is 137 cm³/mol. The van der Waals surface area contributed by atoms with E-state index in [2.05, 4.69) is 20.8 Å². The van der Waals surface area contributed by atoms with Crippen LogP contribution in [0.1, 0.15) is 29.7 Å². The van der Waals surface area contributed by atoms with Crippen molar-refractivity contribution in [2.24, 2.45) is 0 Å². The summed E-state index contributed by atoms with van der Waals surface area (Å²) in [6.07, 6.45) is 0. The highest BCUT2D eigenvalue weighted by Crippen LogP contribution is 2.39. The lowest BCUT2D eigenvalue weighted by molar-refractivity contribution is -0.140. The molecule has 4 aromatic rings. The zero-order valence-electron chi connectivity index (χ0n) is 20.2. The van der Waals surface area contributed by atoms with Crippen molar-refractivity contribution >= 4 is 23.5 Å². The minimum absolute atomic E-state index is 0.144. The normalized spacial score (nSPS) is 14.5. The molecule has 1 unspecified atom stereocenters. The number of esters is 1. The van der Waals surface area contributed by atoms with Crippen molar-refractivity contribution in [1.82, 2.24) is 20.2 Å². The van der Waals surface area contributed by atoms with Gasteiger partial charge >= 0.3 is 5.97 Å². The number of anilines is 1. The van der Waals surface area contributed by atoms with Crippen molar-refractivity contribution < 1.29 is 19.0 Å². The molecule has 0 bridgehead atoms. The molecule has 1 atom stereocenters. The van der Waals surface area contributed by atoms with Crippen LogP contribution in [0.4, 0.5) is 5.95 Å². The van der Waals surface area contributed by atoms with Crippen molar-refractivity contribution in [2.45, 2.75) is 26.2 Å². The molecule has 0 aliphatic carbocycles. The monoisotopic (exact) mass is 517 g/mol. The van der Waals surface area contributed by atoms with Gasteiger partial charge in [0.1, 0.15) is 19.3 Å². The second kappa shape index (κ2) is 10.7. The number of rotatable bonds is 8. The van der Waals surface area contributed by atoms with Gasteiger partial charge in [-0.25, -0.2) is 4.79 Å². The lowest BCUT2D eigenvalue weighted by Gasteiger charge is -2.28. The molecule has 5 rings (SSSR count). The Morgan fingerprint density at radius 1 is 1.00 bits per heavy atom. The maximum atomic E-state index is 13.3. The van der Waals surface area contributed by atoms with Crippen LogP contribution in [-0.2, 0) is 22.7 Å². The summed E-state index contributed by atoms with van der Waals surface area (Å²) in [5.74, 6) is 0.996. The first-order valence-electron chi connectivity index (χ1n) is 11.6. The summed E-state index contributed by atoms with van der Waals surface area (Å²) in [6.45, 7) is 2.26. The number of carbonyl (C=O) groups excluding carboxylic acids is 1. The summed E-state index contributed by atoms with van der Waals surface area (Å²) < 4.78 is 18.9. The molecular weight excluding hydrogens is 494 g/mol. The summed E-state index contributed by atoms with van der Waals surface area (Å²) in [4.78, 5) is 13.3. The quantitative estimate of drug-likeness (QED) is 0.328. The van der Waals surface area contributed by atoms with E-state index in [9.17, 15) is 4.79 Å². The summed E-state index contributed by atoms with van der Waals surface area (Å²) in [5.41, 5.74) is 3.54. The zero-order chi connectivity index (χ0) is 25.8. The molecule has 0 radical (unpaired) electrons. The van der Waals surface area contributed by atoms with E-state index in [1.165, 1.54) is 0 Å². The lowest BCUT2D eigenvalue weighted by atomic mass is 9.95. The Morgan fingerprint density at radius 3 is 2.59 bits per heavy atom. The molecule has 0 fully saturated rings. The van der Waals surface area contributed by atoms with Crippen LogP contribution in [0, 0.1) is 0 Å². The number of fused-ring (bicyclic) bond motifs is 1. The van der Waals surface area contributed by atoms with Crippen molar-refractivity contribution in [3.05, 3.63) is 106 Å². The Labute approximate surface area is 218 Å². The number of hydrogen-bond donors (Lipinski definition) is 1. The largest absolute Gasteiger partial charge is 0.493 e. The number of hydrogen-bond acceptors (Lipinski definition) is 8. The van der Waals surface area contributed by atoms with Gasteiger partial charge in [-0.1, -0.05) is 65.2 Å². The van der Waals surface area contributed by atoms with E-state index in [1.54, 1.807) is 24.8 Å².